The van der Waals surface area contributed by atoms with Crippen molar-refractivity contribution in [2.75, 3.05) is 0 Å². The number of thiophene rings is 1. The number of hydrogen-bond donors (Lipinski definition) is 0. The molecule has 0 saturated heterocycles. The van der Waals surface area contributed by atoms with E-state index in [2.05, 4.69) is 22.9 Å². The minimum atomic E-state index is -0.389. The molecule has 2 atom stereocenters. The molecule has 27 heavy (non-hydrogen) atoms. The van der Waals surface area contributed by atoms with Crippen LogP contribution in [0.25, 0.3) is 0 Å². The van der Waals surface area contributed by atoms with E-state index in [1.807, 2.05) is 49.4 Å². The first kappa shape index (κ1) is 17.5. The molecule has 1 unspecified atom stereocenters. The van der Waals surface area contributed by atoms with Gasteiger partial charge in [0.2, 0.25) is 0 Å². The number of carbonyl (C=O) groups is 1. The van der Waals surface area contributed by atoms with E-state index in [1.165, 1.54) is 0 Å². The lowest BCUT2D eigenvalue weighted by atomic mass is 9.75. The molecule has 1 aliphatic heterocycles. The summed E-state index contributed by atoms with van der Waals surface area (Å²) in [7, 11) is 0. The topological polar surface area (TPSA) is 53.2 Å². The molecular formula is C23H18N2OS. The zero-order valence-electron chi connectivity index (χ0n) is 15.0. The Morgan fingerprint density at radius 3 is 2.70 bits per heavy atom. The lowest BCUT2D eigenvalue weighted by Crippen LogP contribution is -2.30. The van der Waals surface area contributed by atoms with Crippen LogP contribution in [-0.2, 0) is 4.79 Å². The maximum Gasteiger partial charge on any atom is 0.161 e. The van der Waals surface area contributed by atoms with Crippen LogP contribution in [0.4, 0.5) is 0 Å². The van der Waals surface area contributed by atoms with Gasteiger partial charge in [0.05, 0.1) is 16.9 Å². The van der Waals surface area contributed by atoms with Crippen molar-refractivity contribution in [3.63, 3.8) is 0 Å². The van der Waals surface area contributed by atoms with E-state index in [1.54, 1.807) is 11.3 Å². The van der Waals surface area contributed by atoms with Crippen LogP contribution in [0, 0.1) is 29.1 Å². The van der Waals surface area contributed by atoms with Crippen molar-refractivity contribution in [2.45, 2.75) is 32.1 Å². The minimum absolute atomic E-state index is 0.142. The molecule has 2 aromatic rings. The molecule has 0 bridgehead atoms. The van der Waals surface area contributed by atoms with Crippen molar-refractivity contribution < 1.29 is 4.79 Å². The monoisotopic (exact) mass is 370 g/mol. The van der Waals surface area contributed by atoms with Crippen LogP contribution in [0.5, 0.6) is 0 Å². The van der Waals surface area contributed by atoms with E-state index in [0.717, 1.165) is 45.1 Å². The van der Waals surface area contributed by atoms with Crippen LogP contribution in [0.15, 0.2) is 58.7 Å². The summed E-state index contributed by atoms with van der Waals surface area (Å²) in [6.45, 7) is 1.90. The van der Waals surface area contributed by atoms with Crippen molar-refractivity contribution in [2.24, 2.45) is 10.9 Å². The second kappa shape index (κ2) is 7.35. The summed E-state index contributed by atoms with van der Waals surface area (Å²) in [6, 6.07) is 16.2. The number of allylic oxidation sites excluding steroid dienone is 2. The molecule has 0 radical (unpaired) electrons. The van der Waals surface area contributed by atoms with Crippen LogP contribution < -0.4 is 0 Å². The summed E-state index contributed by atoms with van der Waals surface area (Å²) in [4.78, 5) is 19.2. The van der Waals surface area contributed by atoms with Crippen molar-refractivity contribution in [3.05, 3.63) is 69.1 Å². The summed E-state index contributed by atoms with van der Waals surface area (Å²) < 4.78 is 0. The summed E-state index contributed by atoms with van der Waals surface area (Å²) in [5, 5.41) is 9.74. The van der Waals surface area contributed by atoms with Gasteiger partial charge in [-0.3, -0.25) is 9.79 Å². The highest BCUT2D eigenvalue weighted by atomic mass is 32.1. The number of nitrogens with zero attached hydrogens (tertiary/aromatic N) is 2. The van der Waals surface area contributed by atoms with Gasteiger partial charge in [-0.2, -0.15) is 5.26 Å². The van der Waals surface area contributed by atoms with E-state index in [9.17, 15) is 10.1 Å². The second-order valence-electron chi connectivity index (χ2n) is 6.79. The number of ketones is 1. The first-order valence-corrected chi connectivity index (χ1v) is 9.87. The van der Waals surface area contributed by atoms with Gasteiger partial charge in [0.1, 0.15) is 0 Å². The first-order valence-electron chi connectivity index (χ1n) is 9.05. The molecule has 4 heteroatoms. The third-order valence-corrected chi connectivity index (χ3v) is 6.09. The third kappa shape index (κ3) is 3.37. The quantitative estimate of drug-likeness (QED) is 0.674. The molecule has 0 saturated carbocycles. The van der Waals surface area contributed by atoms with Crippen molar-refractivity contribution in [1.29, 1.82) is 5.26 Å². The molecule has 2 aliphatic rings. The number of hydrogen-bond acceptors (Lipinski definition) is 4. The van der Waals surface area contributed by atoms with Gasteiger partial charge in [-0.05, 0) is 44.0 Å². The maximum absolute atomic E-state index is 12.6. The van der Waals surface area contributed by atoms with Crippen LogP contribution in [0.1, 0.15) is 47.4 Å². The fourth-order valence-electron chi connectivity index (χ4n) is 3.72. The van der Waals surface area contributed by atoms with Gasteiger partial charge in [-0.25, -0.2) is 0 Å². The van der Waals surface area contributed by atoms with E-state index < -0.39 is 0 Å². The smallest absolute Gasteiger partial charge is 0.161 e. The molecule has 1 aliphatic carbocycles. The van der Waals surface area contributed by atoms with Crippen LogP contribution >= 0.6 is 11.3 Å². The molecular weight excluding hydrogens is 352 g/mol. The molecule has 0 spiro atoms. The van der Waals surface area contributed by atoms with Crippen LogP contribution in [0.3, 0.4) is 0 Å². The fourth-order valence-corrected chi connectivity index (χ4v) is 4.73. The first-order chi connectivity index (χ1) is 13.2. The number of benzene rings is 1. The molecule has 0 amide bonds. The van der Waals surface area contributed by atoms with Crippen LogP contribution in [-0.4, -0.2) is 11.5 Å². The van der Waals surface area contributed by atoms with Crippen molar-refractivity contribution >= 4 is 22.8 Å². The van der Waals surface area contributed by atoms with Gasteiger partial charge in [0.25, 0.3) is 0 Å². The maximum atomic E-state index is 12.6. The SMILES string of the molecule is CC1=NC2=C(C(=O)CCC2)[C@H](c2ccc(C#Cc3ccccc3)s2)C1C#N. The highest BCUT2D eigenvalue weighted by Gasteiger charge is 2.39. The Bertz CT molecular complexity index is 1060. The molecule has 2 heterocycles. The molecule has 132 valence electrons. The van der Waals surface area contributed by atoms with Gasteiger partial charge in [0, 0.05) is 39.8 Å². The predicted molar refractivity (Wildman–Crippen MR) is 108 cm³/mol. The highest BCUT2D eigenvalue weighted by molar-refractivity contribution is 7.12. The Hall–Kier alpha value is -2.95. The summed E-state index contributed by atoms with van der Waals surface area (Å²) >= 11 is 1.57. The molecule has 4 rings (SSSR count). The van der Waals surface area contributed by atoms with E-state index in [4.69, 9.17) is 0 Å². The number of rotatable bonds is 1. The molecule has 1 aromatic heterocycles. The number of aliphatic imine (C=N–C) groups is 1. The average molecular weight is 370 g/mol. The van der Waals surface area contributed by atoms with Crippen molar-refractivity contribution in [1.82, 2.24) is 0 Å². The zero-order valence-corrected chi connectivity index (χ0v) is 15.8. The molecule has 1 aromatic carbocycles. The predicted octanol–water partition coefficient (Wildman–Crippen LogP) is 4.85. The van der Waals surface area contributed by atoms with E-state index >= 15 is 0 Å². The van der Waals surface area contributed by atoms with Gasteiger partial charge in [-0.1, -0.05) is 30.0 Å². The van der Waals surface area contributed by atoms with Gasteiger partial charge < -0.3 is 0 Å². The van der Waals surface area contributed by atoms with Crippen molar-refractivity contribution in [3.8, 4) is 17.9 Å². The summed E-state index contributed by atoms with van der Waals surface area (Å²) in [5.41, 5.74) is 3.41. The Kier molecular flexibility index (Phi) is 4.75. The zero-order chi connectivity index (χ0) is 18.8. The van der Waals surface area contributed by atoms with Crippen LogP contribution in [0.2, 0.25) is 0 Å². The minimum Gasteiger partial charge on any atom is -0.294 e. The fraction of sp³-hybridized carbons (Fsp3) is 0.261. The summed E-state index contributed by atoms with van der Waals surface area (Å²) in [6.07, 6.45) is 2.21. The number of Topliss-reactive ketones (excluding diaryl/α,β-unsaturated/α-hetero) is 1. The van der Waals surface area contributed by atoms with E-state index in [-0.39, 0.29) is 17.6 Å². The third-order valence-electron chi connectivity index (χ3n) is 5.01. The number of carbonyl (C=O) groups excluding carboxylic acids is 1. The second-order valence-corrected chi connectivity index (χ2v) is 7.91. The average Bonchev–Trinajstić information content (AvgIpc) is 3.15. The number of nitriles is 1. The molecule has 3 nitrogen and oxygen atoms in total. The lowest BCUT2D eigenvalue weighted by molar-refractivity contribution is -0.116. The van der Waals surface area contributed by atoms with Gasteiger partial charge in [0.15, 0.2) is 5.78 Å². The highest BCUT2D eigenvalue weighted by Crippen LogP contribution is 2.44. The van der Waals surface area contributed by atoms with E-state index in [0.29, 0.717) is 6.42 Å². The Morgan fingerprint density at radius 2 is 1.93 bits per heavy atom. The lowest BCUT2D eigenvalue weighted by Gasteiger charge is -2.31. The normalized spacial score (nSPS) is 21.6. The Morgan fingerprint density at radius 1 is 1.11 bits per heavy atom. The Labute approximate surface area is 163 Å². The Balaban J connectivity index is 1.72. The van der Waals surface area contributed by atoms with Gasteiger partial charge >= 0.3 is 0 Å². The molecule has 0 N–H and O–H groups in total. The summed E-state index contributed by atoms with van der Waals surface area (Å²) in [5.74, 6) is 5.91. The molecule has 0 fully saturated rings. The standard InChI is InChI=1S/C23H18N2OS/c1-15-18(14-24)22(23-19(25-15)8-5-9-20(23)26)21-13-12-17(27-21)11-10-16-6-3-2-4-7-16/h2-4,6-7,12-13,18,22H,5,8-9H2,1H3/t18?,22-/m0/s1. The largest absolute Gasteiger partial charge is 0.294 e. The van der Waals surface area contributed by atoms with Gasteiger partial charge in [-0.15, -0.1) is 11.3 Å².